The van der Waals surface area contributed by atoms with Crippen LogP contribution in [0.25, 0.3) is 0 Å². The van der Waals surface area contributed by atoms with Crippen LogP contribution in [0.1, 0.15) is 18.4 Å². The fraction of sp³-hybridized carbons (Fsp3) is 0.467. The van der Waals surface area contributed by atoms with Gasteiger partial charge < -0.3 is 19.9 Å². The Balaban J connectivity index is 1.83. The smallest absolute Gasteiger partial charge is 0.311 e. The van der Waals surface area contributed by atoms with Crippen LogP contribution in [0.15, 0.2) is 18.2 Å². The molecule has 1 aromatic carbocycles. The Hall–Kier alpha value is -2.24. The summed E-state index contributed by atoms with van der Waals surface area (Å²) in [6.07, 6.45) is 1.21. The van der Waals surface area contributed by atoms with E-state index >= 15 is 0 Å². The standard InChI is InChI=1S/C15H19NO5/c1-10-3-4-11(12(7-10)20-2)21-8-13(17)16-9-15(5-6-15)14(18)19/h3-4,7H,5-6,8-9H2,1-2H3,(H,16,17)(H,18,19). The van der Waals surface area contributed by atoms with Crippen LogP contribution in [0, 0.1) is 12.3 Å². The fourth-order valence-corrected chi connectivity index (χ4v) is 1.97. The van der Waals surface area contributed by atoms with Gasteiger partial charge in [-0.05, 0) is 37.5 Å². The first-order valence-electron chi connectivity index (χ1n) is 6.74. The molecule has 2 N–H and O–H groups in total. The zero-order chi connectivity index (χ0) is 15.5. The molecule has 0 radical (unpaired) electrons. The molecule has 1 fully saturated rings. The van der Waals surface area contributed by atoms with E-state index in [1.54, 1.807) is 6.07 Å². The Labute approximate surface area is 123 Å². The van der Waals surface area contributed by atoms with E-state index in [0.717, 1.165) is 5.56 Å². The minimum atomic E-state index is -0.857. The number of carboxylic acids is 1. The van der Waals surface area contributed by atoms with E-state index in [0.29, 0.717) is 24.3 Å². The minimum absolute atomic E-state index is 0.148. The molecular formula is C15H19NO5. The molecule has 1 aromatic rings. The number of hydrogen-bond donors (Lipinski definition) is 2. The first kappa shape index (κ1) is 15.2. The van der Waals surface area contributed by atoms with Crippen molar-refractivity contribution in [3.63, 3.8) is 0 Å². The number of carboxylic acid groups (broad SMARTS) is 1. The number of carbonyl (C=O) groups is 2. The van der Waals surface area contributed by atoms with E-state index in [2.05, 4.69) is 5.32 Å². The molecule has 6 nitrogen and oxygen atoms in total. The number of methoxy groups -OCH3 is 1. The second-order valence-electron chi connectivity index (χ2n) is 5.31. The summed E-state index contributed by atoms with van der Waals surface area (Å²) in [5.41, 5.74) is 0.262. The lowest BCUT2D eigenvalue weighted by Crippen LogP contribution is -2.36. The molecule has 1 amide bonds. The Morgan fingerprint density at radius 1 is 1.33 bits per heavy atom. The summed E-state index contributed by atoms with van der Waals surface area (Å²) in [5.74, 6) is -0.154. The van der Waals surface area contributed by atoms with Crippen molar-refractivity contribution in [1.29, 1.82) is 0 Å². The highest BCUT2D eigenvalue weighted by Gasteiger charge is 2.50. The van der Waals surface area contributed by atoms with E-state index in [-0.39, 0.29) is 19.1 Å². The summed E-state index contributed by atoms with van der Waals surface area (Å²) in [5, 5.41) is 11.6. The zero-order valence-corrected chi connectivity index (χ0v) is 12.1. The van der Waals surface area contributed by atoms with Crippen molar-refractivity contribution in [2.75, 3.05) is 20.3 Å². The predicted octanol–water partition coefficient (Wildman–Crippen LogP) is 1.36. The number of ether oxygens (including phenoxy) is 2. The van der Waals surface area contributed by atoms with Gasteiger partial charge in [0.15, 0.2) is 18.1 Å². The Kier molecular flexibility index (Phi) is 4.35. The van der Waals surface area contributed by atoms with Gasteiger partial charge in [0.2, 0.25) is 0 Å². The summed E-state index contributed by atoms with van der Waals surface area (Å²) in [6, 6.07) is 5.41. The van der Waals surface area contributed by atoms with Crippen LogP contribution in [-0.2, 0) is 9.59 Å². The van der Waals surface area contributed by atoms with Crippen molar-refractivity contribution in [2.24, 2.45) is 5.41 Å². The lowest BCUT2D eigenvalue weighted by atomic mass is 10.1. The average molecular weight is 293 g/mol. The molecule has 1 aliphatic rings. The molecule has 0 atom stereocenters. The van der Waals surface area contributed by atoms with Gasteiger partial charge in [-0.3, -0.25) is 9.59 Å². The molecule has 0 bridgehead atoms. The predicted molar refractivity (Wildman–Crippen MR) is 75.5 cm³/mol. The summed E-state index contributed by atoms with van der Waals surface area (Å²) in [7, 11) is 1.53. The molecular weight excluding hydrogens is 274 g/mol. The molecule has 0 saturated heterocycles. The Morgan fingerprint density at radius 2 is 2.05 bits per heavy atom. The molecule has 1 aliphatic carbocycles. The SMILES string of the molecule is COc1cc(C)ccc1OCC(=O)NCC1(C(=O)O)CC1. The quantitative estimate of drug-likeness (QED) is 0.793. The maximum atomic E-state index is 11.7. The molecule has 114 valence electrons. The summed E-state index contributed by atoms with van der Waals surface area (Å²) in [4.78, 5) is 22.7. The second-order valence-corrected chi connectivity index (χ2v) is 5.31. The van der Waals surface area contributed by atoms with Crippen LogP contribution in [-0.4, -0.2) is 37.2 Å². The second kappa shape index (κ2) is 6.03. The first-order chi connectivity index (χ1) is 9.97. The van der Waals surface area contributed by atoms with Crippen molar-refractivity contribution >= 4 is 11.9 Å². The van der Waals surface area contributed by atoms with E-state index in [4.69, 9.17) is 14.6 Å². The molecule has 0 spiro atoms. The maximum Gasteiger partial charge on any atom is 0.311 e. The monoisotopic (exact) mass is 293 g/mol. The largest absolute Gasteiger partial charge is 0.493 e. The third-order valence-corrected chi connectivity index (χ3v) is 3.61. The van der Waals surface area contributed by atoms with Gasteiger partial charge in [0, 0.05) is 6.54 Å². The third kappa shape index (κ3) is 3.65. The summed E-state index contributed by atoms with van der Waals surface area (Å²) < 4.78 is 10.6. The van der Waals surface area contributed by atoms with Crippen LogP contribution in [0.4, 0.5) is 0 Å². The van der Waals surface area contributed by atoms with Gasteiger partial charge in [0.1, 0.15) is 0 Å². The molecule has 1 saturated carbocycles. The minimum Gasteiger partial charge on any atom is -0.493 e. The van der Waals surface area contributed by atoms with Crippen molar-refractivity contribution < 1.29 is 24.2 Å². The van der Waals surface area contributed by atoms with E-state index < -0.39 is 11.4 Å². The van der Waals surface area contributed by atoms with Gasteiger partial charge in [0.05, 0.1) is 12.5 Å². The molecule has 0 unspecified atom stereocenters. The number of aryl methyl sites for hydroxylation is 1. The lowest BCUT2D eigenvalue weighted by Gasteiger charge is -2.13. The third-order valence-electron chi connectivity index (χ3n) is 3.61. The number of aliphatic carboxylic acids is 1. The molecule has 0 aliphatic heterocycles. The van der Waals surface area contributed by atoms with Crippen molar-refractivity contribution in [1.82, 2.24) is 5.32 Å². The number of nitrogens with one attached hydrogen (secondary N) is 1. The van der Waals surface area contributed by atoms with Crippen LogP contribution in [0.2, 0.25) is 0 Å². The van der Waals surface area contributed by atoms with Gasteiger partial charge in [-0.1, -0.05) is 6.07 Å². The fourth-order valence-electron chi connectivity index (χ4n) is 1.97. The van der Waals surface area contributed by atoms with Gasteiger partial charge in [0.25, 0.3) is 5.91 Å². The number of benzene rings is 1. The maximum absolute atomic E-state index is 11.7. The van der Waals surface area contributed by atoms with Gasteiger partial charge in [-0.2, -0.15) is 0 Å². The highest BCUT2D eigenvalue weighted by Crippen LogP contribution is 2.45. The summed E-state index contributed by atoms with van der Waals surface area (Å²) >= 11 is 0. The number of carbonyl (C=O) groups excluding carboxylic acids is 1. The van der Waals surface area contributed by atoms with Crippen LogP contribution in [0.3, 0.4) is 0 Å². The van der Waals surface area contributed by atoms with Gasteiger partial charge in [-0.15, -0.1) is 0 Å². The molecule has 0 aromatic heterocycles. The molecule has 6 heteroatoms. The van der Waals surface area contributed by atoms with Crippen LogP contribution in [0.5, 0.6) is 11.5 Å². The molecule has 2 rings (SSSR count). The molecule has 0 heterocycles. The molecule has 21 heavy (non-hydrogen) atoms. The highest BCUT2D eigenvalue weighted by molar-refractivity contribution is 5.81. The van der Waals surface area contributed by atoms with Crippen molar-refractivity contribution in [3.05, 3.63) is 23.8 Å². The number of hydrogen-bond acceptors (Lipinski definition) is 4. The van der Waals surface area contributed by atoms with Gasteiger partial charge >= 0.3 is 5.97 Å². The van der Waals surface area contributed by atoms with E-state index in [1.165, 1.54) is 7.11 Å². The Bertz CT molecular complexity index is 551. The average Bonchev–Trinajstić information content (AvgIpc) is 3.25. The highest BCUT2D eigenvalue weighted by atomic mass is 16.5. The number of rotatable bonds is 7. The van der Waals surface area contributed by atoms with Crippen LogP contribution < -0.4 is 14.8 Å². The normalized spacial score (nSPS) is 15.1. The lowest BCUT2D eigenvalue weighted by molar-refractivity contribution is -0.143. The zero-order valence-electron chi connectivity index (χ0n) is 12.1. The van der Waals surface area contributed by atoms with E-state index in [1.807, 2.05) is 19.1 Å². The van der Waals surface area contributed by atoms with Gasteiger partial charge in [-0.25, -0.2) is 0 Å². The number of amides is 1. The van der Waals surface area contributed by atoms with Crippen LogP contribution >= 0.6 is 0 Å². The summed E-state index contributed by atoms with van der Waals surface area (Å²) in [6.45, 7) is 1.91. The topological polar surface area (TPSA) is 84.9 Å². The van der Waals surface area contributed by atoms with E-state index in [9.17, 15) is 9.59 Å². The van der Waals surface area contributed by atoms with Crippen molar-refractivity contribution in [2.45, 2.75) is 19.8 Å². The van der Waals surface area contributed by atoms with Crippen molar-refractivity contribution in [3.8, 4) is 11.5 Å². The first-order valence-corrected chi connectivity index (χ1v) is 6.74. The Morgan fingerprint density at radius 3 is 2.62 bits per heavy atom.